The van der Waals surface area contributed by atoms with Crippen LogP contribution in [0.2, 0.25) is 0 Å². The maximum Gasteiger partial charge on any atom is 0.250 e. The lowest BCUT2D eigenvalue weighted by atomic mass is 9.60. The Morgan fingerprint density at radius 2 is 1.79 bits per heavy atom. The van der Waals surface area contributed by atoms with Gasteiger partial charge in [0.15, 0.2) is 0 Å². The smallest absolute Gasteiger partial charge is 0.250 e. The Morgan fingerprint density at radius 1 is 1.03 bits per heavy atom. The van der Waals surface area contributed by atoms with Gasteiger partial charge in [-0.15, -0.1) is 0 Å². The largest absolute Gasteiger partial charge is 0.366 e. The van der Waals surface area contributed by atoms with E-state index in [0.717, 1.165) is 24.9 Å². The van der Waals surface area contributed by atoms with Crippen molar-refractivity contribution in [2.24, 2.45) is 11.1 Å². The maximum absolute atomic E-state index is 11.2. The molecule has 1 atom stereocenters. The quantitative estimate of drug-likeness (QED) is 0.863. The number of carbonyl (C=O) groups is 1. The third kappa shape index (κ3) is 3.52. The van der Waals surface area contributed by atoms with Gasteiger partial charge in [-0.05, 0) is 68.2 Å². The molecule has 0 radical (unpaired) electrons. The molecule has 1 aliphatic carbocycles. The van der Waals surface area contributed by atoms with Gasteiger partial charge in [0.05, 0.1) is 5.56 Å². The number of benzene rings is 1. The first-order valence-corrected chi connectivity index (χ1v) is 11.0. The number of piperidine rings is 1. The SMILES string of the molecule is NC(=O)c1ccc(N2CCC3(CC2)CC(N2CCCC2c2ccccc2)C3)nc1. The number of carbonyl (C=O) groups excluding carboxylic acids is 1. The lowest BCUT2D eigenvalue weighted by Crippen LogP contribution is -2.55. The molecule has 1 unspecified atom stereocenters. The molecule has 1 aromatic heterocycles. The second-order valence-electron chi connectivity index (χ2n) is 9.12. The third-order valence-corrected chi connectivity index (χ3v) is 7.47. The summed E-state index contributed by atoms with van der Waals surface area (Å²) in [5, 5.41) is 0. The normalized spacial score (nSPS) is 24.6. The zero-order valence-electron chi connectivity index (χ0n) is 17.0. The monoisotopic (exact) mass is 390 g/mol. The molecule has 2 N–H and O–H groups in total. The van der Waals surface area contributed by atoms with E-state index in [1.807, 2.05) is 6.07 Å². The fourth-order valence-corrected chi connectivity index (χ4v) is 5.77. The van der Waals surface area contributed by atoms with E-state index in [1.165, 1.54) is 50.6 Å². The number of nitrogens with zero attached hydrogens (tertiary/aromatic N) is 3. The van der Waals surface area contributed by atoms with Crippen molar-refractivity contribution < 1.29 is 4.79 Å². The van der Waals surface area contributed by atoms with Crippen molar-refractivity contribution in [3.05, 3.63) is 59.8 Å². The standard InChI is InChI=1S/C24H30N4O/c25-23(29)19-8-9-22(26-17-19)27-13-10-24(11-14-27)15-20(16-24)28-12-4-7-21(28)18-5-2-1-3-6-18/h1-3,5-6,8-9,17,20-21H,4,7,10-16H2,(H2,25,29). The molecule has 3 aliphatic rings. The Hall–Kier alpha value is -2.40. The van der Waals surface area contributed by atoms with E-state index in [4.69, 9.17) is 5.73 Å². The summed E-state index contributed by atoms with van der Waals surface area (Å²) in [6.07, 6.45) is 9.40. The number of likely N-dealkylation sites (tertiary alicyclic amines) is 1. The van der Waals surface area contributed by atoms with Crippen LogP contribution in [0.3, 0.4) is 0 Å². The molecule has 2 aliphatic heterocycles. The van der Waals surface area contributed by atoms with Crippen LogP contribution in [-0.4, -0.2) is 41.5 Å². The van der Waals surface area contributed by atoms with Crippen LogP contribution in [0.4, 0.5) is 5.82 Å². The van der Waals surface area contributed by atoms with Crippen LogP contribution in [0, 0.1) is 5.41 Å². The highest BCUT2D eigenvalue weighted by molar-refractivity contribution is 5.92. The van der Waals surface area contributed by atoms with Crippen molar-refractivity contribution >= 4 is 11.7 Å². The first-order chi connectivity index (χ1) is 14.1. The van der Waals surface area contributed by atoms with Gasteiger partial charge in [-0.1, -0.05) is 30.3 Å². The van der Waals surface area contributed by atoms with Crippen LogP contribution in [0.1, 0.15) is 60.5 Å². The average molecular weight is 391 g/mol. The molecule has 5 nitrogen and oxygen atoms in total. The first kappa shape index (κ1) is 18.6. The van der Waals surface area contributed by atoms with Crippen LogP contribution in [0.25, 0.3) is 0 Å². The summed E-state index contributed by atoms with van der Waals surface area (Å²) >= 11 is 0. The second-order valence-corrected chi connectivity index (χ2v) is 9.12. The van der Waals surface area contributed by atoms with Crippen molar-refractivity contribution in [3.63, 3.8) is 0 Å². The van der Waals surface area contributed by atoms with E-state index < -0.39 is 5.91 Å². The van der Waals surface area contributed by atoms with Gasteiger partial charge in [-0.3, -0.25) is 9.69 Å². The van der Waals surface area contributed by atoms with Crippen molar-refractivity contribution in [1.82, 2.24) is 9.88 Å². The number of hydrogen-bond acceptors (Lipinski definition) is 4. The summed E-state index contributed by atoms with van der Waals surface area (Å²) in [5.41, 5.74) is 7.81. The van der Waals surface area contributed by atoms with Gasteiger partial charge in [-0.25, -0.2) is 4.98 Å². The molecule has 1 spiro atoms. The van der Waals surface area contributed by atoms with Crippen molar-refractivity contribution in [3.8, 4) is 0 Å². The highest BCUT2D eigenvalue weighted by Crippen LogP contribution is 2.53. The van der Waals surface area contributed by atoms with Gasteiger partial charge < -0.3 is 10.6 Å². The number of aromatic nitrogens is 1. The Labute approximate surface area is 172 Å². The fraction of sp³-hybridized carbons (Fsp3) is 0.500. The average Bonchev–Trinajstić information content (AvgIpc) is 3.22. The van der Waals surface area contributed by atoms with Crippen LogP contribution < -0.4 is 10.6 Å². The van der Waals surface area contributed by atoms with E-state index >= 15 is 0 Å². The van der Waals surface area contributed by atoms with E-state index in [9.17, 15) is 4.79 Å². The second kappa shape index (κ2) is 7.45. The fourth-order valence-electron chi connectivity index (χ4n) is 5.77. The predicted molar refractivity (Wildman–Crippen MR) is 115 cm³/mol. The van der Waals surface area contributed by atoms with Crippen LogP contribution in [-0.2, 0) is 0 Å². The molecule has 1 amide bonds. The topological polar surface area (TPSA) is 62.5 Å². The van der Waals surface area contributed by atoms with Gasteiger partial charge in [0.25, 0.3) is 0 Å². The van der Waals surface area contributed by atoms with Gasteiger partial charge in [0, 0.05) is 31.4 Å². The molecule has 1 saturated carbocycles. The minimum Gasteiger partial charge on any atom is -0.366 e. The van der Waals surface area contributed by atoms with E-state index in [0.29, 0.717) is 17.0 Å². The summed E-state index contributed by atoms with van der Waals surface area (Å²) in [5.74, 6) is 0.544. The summed E-state index contributed by atoms with van der Waals surface area (Å²) in [7, 11) is 0. The van der Waals surface area contributed by atoms with Crippen LogP contribution in [0.15, 0.2) is 48.7 Å². The Bertz CT molecular complexity index is 850. The van der Waals surface area contributed by atoms with E-state index in [-0.39, 0.29) is 0 Å². The molecule has 2 saturated heterocycles. The number of primary amides is 1. The Balaban J connectivity index is 1.18. The van der Waals surface area contributed by atoms with Crippen molar-refractivity contribution in [2.75, 3.05) is 24.5 Å². The molecule has 3 fully saturated rings. The molecule has 5 rings (SSSR count). The number of amides is 1. The number of rotatable bonds is 4. The molecule has 1 aromatic carbocycles. The summed E-state index contributed by atoms with van der Waals surface area (Å²) < 4.78 is 0. The van der Waals surface area contributed by atoms with Gasteiger partial charge >= 0.3 is 0 Å². The molecule has 5 heteroatoms. The van der Waals surface area contributed by atoms with Crippen LogP contribution in [0.5, 0.6) is 0 Å². The Morgan fingerprint density at radius 3 is 2.45 bits per heavy atom. The Kier molecular flexibility index (Phi) is 4.78. The number of anilines is 1. The predicted octanol–water partition coefficient (Wildman–Crippen LogP) is 3.77. The lowest BCUT2D eigenvalue weighted by Gasteiger charge is -2.55. The third-order valence-electron chi connectivity index (χ3n) is 7.47. The molecule has 29 heavy (non-hydrogen) atoms. The highest BCUT2D eigenvalue weighted by Gasteiger charge is 2.49. The zero-order chi connectivity index (χ0) is 19.8. The molecule has 152 valence electrons. The van der Waals surface area contributed by atoms with Gasteiger partial charge in [-0.2, -0.15) is 0 Å². The summed E-state index contributed by atoms with van der Waals surface area (Å²) in [4.78, 5) is 20.8. The zero-order valence-corrected chi connectivity index (χ0v) is 17.0. The van der Waals surface area contributed by atoms with Gasteiger partial charge in [0.1, 0.15) is 5.82 Å². The summed E-state index contributed by atoms with van der Waals surface area (Å²) in [6, 6.07) is 16.1. The molecule has 2 aromatic rings. The summed E-state index contributed by atoms with van der Waals surface area (Å²) in [6.45, 7) is 3.36. The van der Waals surface area contributed by atoms with Gasteiger partial charge in [0.2, 0.25) is 5.91 Å². The highest BCUT2D eigenvalue weighted by atomic mass is 16.1. The number of hydrogen-bond donors (Lipinski definition) is 1. The molecular formula is C24H30N4O. The van der Waals surface area contributed by atoms with E-state index in [1.54, 1.807) is 12.3 Å². The molecule has 3 heterocycles. The first-order valence-electron chi connectivity index (χ1n) is 11.0. The minimum absolute atomic E-state index is 0.419. The molecular weight excluding hydrogens is 360 g/mol. The number of nitrogens with two attached hydrogens (primary N) is 1. The van der Waals surface area contributed by atoms with Crippen LogP contribution >= 0.6 is 0 Å². The lowest BCUT2D eigenvalue weighted by molar-refractivity contribution is -0.0227. The van der Waals surface area contributed by atoms with Crippen molar-refractivity contribution in [1.29, 1.82) is 0 Å². The number of pyridine rings is 1. The van der Waals surface area contributed by atoms with Crippen molar-refractivity contribution in [2.45, 2.75) is 50.6 Å². The minimum atomic E-state index is -0.419. The molecule has 0 bridgehead atoms. The maximum atomic E-state index is 11.2. The van der Waals surface area contributed by atoms with E-state index in [2.05, 4.69) is 45.1 Å².